The van der Waals surface area contributed by atoms with Crippen LogP contribution < -0.4 is 9.64 Å². The molecule has 1 fully saturated rings. The highest BCUT2D eigenvalue weighted by Crippen LogP contribution is 2.30. The molecule has 134 valence electrons. The zero-order chi connectivity index (χ0) is 18.1. The molecule has 1 amide bonds. The fraction of sp³-hybridized carbons (Fsp3) is 0.294. The molecule has 1 N–H and O–H groups in total. The Morgan fingerprint density at radius 2 is 2.00 bits per heavy atom. The van der Waals surface area contributed by atoms with E-state index in [-0.39, 0.29) is 0 Å². The van der Waals surface area contributed by atoms with Crippen LogP contribution in [0.3, 0.4) is 0 Å². The number of nitrogens with zero attached hydrogens (tertiary/aromatic N) is 6. The predicted molar refractivity (Wildman–Crippen MR) is 94.6 cm³/mol. The first-order valence-electron chi connectivity index (χ1n) is 8.24. The number of piperazine rings is 1. The molecular formula is C17H18N6O3. The van der Waals surface area contributed by atoms with Crippen LogP contribution >= 0.6 is 0 Å². The predicted octanol–water partition coefficient (Wildman–Crippen LogP) is 1.60. The third-order valence-electron chi connectivity index (χ3n) is 4.48. The van der Waals surface area contributed by atoms with Gasteiger partial charge in [-0.25, -0.2) is 19.3 Å². The summed E-state index contributed by atoms with van der Waals surface area (Å²) in [6.45, 7) is 2.14. The molecule has 0 unspecified atom stereocenters. The number of methoxy groups -OCH3 is 1. The monoisotopic (exact) mass is 354 g/mol. The largest absolute Gasteiger partial charge is 0.481 e. The number of anilines is 1. The normalized spacial score (nSPS) is 14.7. The first kappa shape index (κ1) is 16.1. The number of fused-ring (bicyclic) bond motifs is 1. The van der Waals surface area contributed by atoms with Crippen molar-refractivity contribution in [2.45, 2.75) is 0 Å². The van der Waals surface area contributed by atoms with Gasteiger partial charge in [-0.1, -0.05) is 0 Å². The molecule has 0 radical (unpaired) electrons. The number of carbonyl (C=O) groups is 1. The molecule has 9 heteroatoms. The van der Waals surface area contributed by atoms with E-state index < -0.39 is 6.09 Å². The van der Waals surface area contributed by atoms with Crippen LogP contribution in [0.4, 0.5) is 10.6 Å². The summed E-state index contributed by atoms with van der Waals surface area (Å²) in [6, 6.07) is 5.65. The van der Waals surface area contributed by atoms with E-state index in [0.717, 1.165) is 16.9 Å². The summed E-state index contributed by atoms with van der Waals surface area (Å²) in [7, 11) is 1.58. The Bertz CT molecular complexity index is 949. The molecule has 0 saturated carbocycles. The van der Waals surface area contributed by atoms with E-state index in [2.05, 4.69) is 15.0 Å². The Hall–Kier alpha value is -3.36. The number of rotatable bonds is 3. The van der Waals surface area contributed by atoms with Crippen LogP contribution in [0.1, 0.15) is 0 Å². The molecule has 3 aromatic rings. The van der Waals surface area contributed by atoms with Crippen LogP contribution in [0.5, 0.6) is 5.88 Å². The maximum absolute atomic E-state index is 11.1. The number of hydrogen-bond donors (Lipinski definition) is 1. The molecule has 1 aliphatic rings. The minimum atomic E-state index is -0.880. The Balaban J connectivity index is 1.68. The first-order chi connectivity index (χ1) is 12.7. The second-order valence-electron chi connectivity index (χ2n) is 5.93. The van der Waals surface area contributed by atoms with Crippen LogP contribution in [0, 0.1) is 0 Å². The molecule has 4 rings (SSSR count). The van der Waals surface area contributed by atoms with E-state index in [1.807, 2.05) is 24.4 Å². The van der Waals surface area contributed by atoms with Crippen LogP contribution in [0.2, 0.25) is 0 Å². The van der Waals surface area contributed by atoms with Gasteiger partial charge in [-0.3, -0.25) is 0 Å². The molecule has 0 bridgehead atoms. The van der Waals surface area contributed by atoms with Gasteiger partial charge in [-0.15, -0.1) is 0 Å². The Morgan fingerprint density at radius 3 is 2.73 bits per heavy atom. The van der Waals surface area contributed by atoms with Crippen molar-refractivity contribution in [2.75, 3.05) is 38.2 Å². The molecule has 3 aromatic heterocycles. The average Bonchev–Trinajstić information content (AvgIpc) is 3.11. The van der Waals surface area contributed by atoms with Gasteiger partial charge in [0.05, 0.1) is 18.9 Å². The van der Waals surface area contributed by atoms with Crippen molar-refractivity contribution in [3.05, 3.63) is 36.8 Å². The van der Waals surface area contributed by atoms with E-state index in [0.29, 0.717) is 37.7 Å². The maximum atomic E-state index is 11.1. The zero-order valence-corrected chi connectivity index (χ0v) is 14.2. The maximum Gasteiger partial charge on any atom is 0.407 e. The van der Waals surface area contributed by atoms with E-state index in [4.69, 9.17) is 14.8 Å². The molecule has 4 heterocycles. The SMILES string of the molecule is COc1ncccc1-c1cnn2ccc(N3CCN(C(=O)O)CC3)nc12. The van der Waals surface area contributed by atoms with Crippen LogP contribution in [0.25, 0.3) is 16.8 Å². The minimum Gasteiger partial charge on any atom is -0.481 e. The van der Waals surface area contributed by atoms with Gasteiger partial charge in [-0.2, -0.15) is 5.10 Å². The zero-order valence-electron chi connectivity index (χ0n) is 14.2. The van der Waals surface area contributed by atoms with Gasteiger partial charge in [0.2, 0.25) is 5.88 Å². The van der Waals surface area contributed by atoms with Gasteiger partial charge >= 0.3 is 6.09 Å². The molecule has 0 spiro atoms. The van der Waals surface area contributed by atoms with Crippen molar-refractivity contribution in [2.24, 2.45) is 0 Å². The highest BCUT2D eigenvalue weighted by molar-refractivity contribution is 5.80. The lowest BCUT2D eigenvalue weighted by atomic mass is 10.1. The molecule has 1 aliphatic heterocycles. The van der Waals surface area contributed by atoms with Crippen molar-refractivity contribution in [1.82, 2.24) is 24.5 Å². The Labute approximate surface area is 149 Å². The Morgan fingerprint density at radius 1 is 1.19 bits per heavy atom. The smallest absolute Gasteiger partial charge is 0.407 e. The Kier molecular flexibility index (Phi) is 4.04. The fourth-order valence-corrected chi connectivity index (χ4v) is 3.11. The van der Waals surface area contributed by atoms with Crippen LogP contribution in [0.15, 0.2) is 36.8 Å². The second kappa shape index (κ2) is 6.51. The number of aromatic nitrogens is 4. The van der Waals surface area contributed by atoms with Gasteiger partial charge in [0.1, 0.15) is 5.82 Å². The summed E-state index contributed by atoms with van der Waals surface area (Å²) in [4.78, 5) is 23.6. The van der Waals surface area contributed by atoms with Gasteiger partial charge in [0.15, 0.2) is 5.65 Å². The van der Waals surface area contributed by atoms with Crippen molar-refractivity contribution in [3.8, 4) is 17.0 Å². The van der Waals surface area contributed by atoms with Gasteiger partial charge in [0, 0.05) is 44.1 Å². The molecular weight excluding hydrogens is 336 g/mol. The lowest BCUT2D eigenvalue weighted by molar-refractivity contribution is 0.142. The van der Waals surface area contributed by atoms with Crippen LogP contribution in [-0.2, 0) is 0 Å². The van der Waals surface area contributed by atoms with Gasteiger partial charge in [-0.05, 0) is 18.2 Å². The van der Waals surface area contributed by atoms with Crippen molar-refractivity contribution < 1.29 is 14.6 Å². The number of carboxylic acid groups (broad SMARTS) is 1. The van der Waals surface area contributed by atoms with E-state index in [9.17, 15) is 4.79 Å². The molecule has 0 aliphatic carbocycles. The molecule has 1 saturated heterocycles. The number of amides is 1. The first-order valence-corrected chi connectivity index (χ1v) is 8.24. The van der Waals surface area contributed by atoms with Gasteiger partial charge < -0.3 is 19.6 Å². The number of ether oxygens (including phenoxy) is 1. The number of hydrogen-bond acceptors (Lipinski definition) is 6. The molecule has 0 aromatic carbocycles. The molecule has 9 nitrogen and oxygen atoms in total. The summed E-state index contributed by atoms with van der Waals surface area (Å²) >= 11 is 0. The molecule has 0 atom stereocenters. The third-order valence-corrected chi connectivity index (χ3v) is 4.48. The van der Waals surface area contributed by atoms with Crippen molar-refractivity contribution in [3.63, 3.8) is 0 Å². The van der Waals surface area contributed by atoms with E-state index in [1.54, 1.807) is 24.0 Å². The highest BCUT2D eigenvalue weighted by atomic mass is 16.5. The summed E-state index contributed by atoms with van der Waals surface area (Å²) in [5.41, 5.74) is 2.36. The fourth-order valence-electron chi connectivity index (χ4n) is 3.11. The second-order valence-corrected chi connectivity index (χ2v) is 5.93. The lowest BCUT2D eigenvalue weighted by Gasteiger charge is -2.33. The quantitative estimate of drug-likeness (QED) is 0.763. The average molecular weight is 354 g/mol. The highest BCUT2D eigenvalue weighted by Gasteiger charge is 2.22. The summed E-state index contributed by atoms with van der Waals surface area (Å²) in [6.07, 6.45) is 4.39. The summed E-state index contributed by atoms with van der Waals surface area (Å²) in [5.74, 6) is 1.32. The van der Waals surface area contributed by atoms with Gasteiger partial charge in [0.25, 0.3) is 0 Å². The third kappa shape index (κ3) is 2.77. The molecule has 26 heavy (non-hydrogen) atoms. The van der Waals surface area contributed by atoms with Crippen LogP contribution in [-0.4, -0.2) is 69.0 Å². The summed E-state index contributed by atoms with van der Waals surface area (Å²) < 4.78 is 7.06. The van der Waals surface area contributed by atoms with Crippen molar-refractivity contribution >= 4 is 17.6 Å². The number of pyridine rings is 1. The minimum absolute atomic E-state index is 0.463. The summed E-state index contributed by atoms with van der Waals surface area (Å²) in [5, 5.41) is 13.4. The lowest BCUT2D eigenvalue weighted by Crippen LogP contribution is -2.48. The topological polar surface area (TPSA) is 96.1 Å². The standard InChI is InChI=1S/C17H18N6O3/c1-26-16-12(3-2-5-18-16)13-11-19-23-6-4-14(20-15(13)23)21-7-9-22(10-8-21)17(24)25/h2-6,11H,7-10H2,1H3,(H,24,25). The van der Waals surface area contributed by atoms with E-state index in [1.165, 1.54) is 4.90 Å². The van der Waals surface area contributed by atoms with E-state index >= 15 is 0 Å². The van der Waals surface area contributed by atoms with Crippen molar-refractivity contribution in [1.29, 1.82) is 0 Å².